The highest BCUT2D eigenvalue weighted by Gasteiger charge is 2.11. The molecule has 0 amide bonds. The fourth-order valence-corrected chi connectivity index (χ4v) is 3.39. The Morgan fingerprint density at radius 3 is 2.43 bits per heavy atom. The third kappa shape index (κ3) is 2.74. The maximum atomic E-state index is 6.13. The zero-order chi connectivity index (χ0) is 15.1. The second-order valence-electron chi connectivity index (χ2n) is 4.25. The molecule has 106 valence electrons. The largest absolute Gasteiger partial charge is 0.429 e. The molecule has 0 spiro atoms. The van der Waals surface area contributed by atoms with Gasteiger partial charge in [-0.05, 0) is 42.5 Å². The van der Waals surface area contributed by atoms with Gasteiger partial charge in [-0.1, -0.05) is 53.1 Å². The van der Waals surface area contributed by atoms with Crippen LogP contribution in [0.15, 0.2) is 40.8 Å². The second kappa shape index (κ2) is 5.71. The molecule has 0 bridgehead atoms. The lowest BCUT2D eigenvalue weighted by atomic mass is 10.2. The highest BCUT2D eigenvalue weighted by molar-refractivity contribution is 7.72. The van der Waals surface area contributed by atoms with E-state index in [1.54, 1.807) is 28.8 Å². The first-order valence-corrected chi connectivity index (χ1v) is 7.73. The van der Waals surface area contributed by atoms with Gasteiger partial charge in [0.1, 0.15) is 4.64 Å². The molecule has 21 heavy (non-hydrogen) atoms. The van der Waals surface area contributed by atoms with Crippen LogP contribution in [-0.2, 0) is 0 Å². The molecule has 2 aromatic carbocycles. The lowest BCUT2D eigenvalue weighted by Gasteiger charge is -2.10. The van der Waals surface area contributed by atoms with E-state index in [2.05, 4.69) is 0 Å². The Balaban J connectivity index is 2.45. The number of aromatic nitrogens is 1. The summed E-state index contributed by atoms with van der Waals surface area (Å²) in [5, 5.41) is 2.04. The average Bonchev–Trinajstić information content (AvgIpc) is 2.40. The van der Waals surface area contributed by atoms with Crippen molar-refractivity contribution in [1.82, 2.24) is 4.57 Å². The standard InChI is InChI=1S/C14H6Cl3NOS2/c15-7-2-1-3-9(4-7)18-13(20)10-5-8(16)6-11(17)12(10)19-14(18)21/h1-6H. The van der Waals surface area contributed by atoms with Crippen LogP contribution in [0.4, 0.5) is 0 Å². The zero-order valence-corrected chi connectivity index (χ0v) is 14.2. The van der Waals surface area contributed by atoms with Gasteiger partial charge in [-0.3, -0.25) is 4.57 Å². The van der Waals surface area contributed by atoms with Gasteiger partial charge in [-0.2, -0.15) is 0 Å². The second-order valence-corrected chi connectivity index (χ2v) is 6.27. The van der Waals surface area contributed by atoms with E-state index in [0.29, 0.717) is 30.7 Å². The first kappa shape index (κ1) is 15.0. The summed E-state index contributed by atoms with van der Waals surface area (Å²) in [6, 6.07) is 10.4. The predicted octanol–water partition coefficient (Wildman–Crippen LogP) is 6.64. The lowest BCUT2D eigenvalue weighted by molar-refractivity contribution is 0.537. The first-order chi connectivity index (χ1) is 9.97. The zero-order valence-electron chi connectivity index (χ0n) is 10.3. The van der Waals surface area contributed by atoms with Crippen LogP contribution in [0.5, 0.6) is 0 Å². The van der Waals surface area contributed by atoms with Gasteiger partial charge in [0.2, 0.25) is 0 Å². The maximum absolute atomic E-state index is 6.13. The minimum atomic E-state index is 0.194. The number of hydrogen-bond donors (Lipinski definition) is 0. The monoisotopic (exact) mass is 373 g/mol. The molecule has 0 fully saturated rings. The van der Waals surface area contributed by atoms with Crippen molar-refractivity contribution in [3.63, 3.8) is 0 Å². The Hall–Kier alpha value is -0.910. The van der Waals surface area contributed by atoms with Crippen molar-refractivity contribution in [3.05, 3.63) is 60.9 Å². The van der Waals surface area contributed by atoms with Crippen molar-refractivity contribution >= 4 is 70.2 Å². The summed E-state index contributed by atoms with van der Waals surface area (Å²) in [6.07, 6.45) is 0. The van der Waals surface area contributed by atoms with Crippen LogP contribution >= 0.6 is 59.2 Å². The van der Waals surface area contributed by atoms with E-state index in [1.807, 2.05) is 12.1 Å². The van der Waals surface area contributed by atoms with Crippen molar-refractivity contribution in [2.75, 3.05) is 0 Å². The Labute approximate surface area is 145 Å². The highest BCUT2D eigenvalue weighted by atomic mass is 35.5. The van der Waals surface area contributed by atoms with Crippen LogP contribution in [0.3, 0.4) is 0 Å². The summed E-state index contributed by atoms with van der Waals surface area (Å²) in [5.74, 6) is 0. The van der Waals surface area contributed by atoms with Crippen LogP contribution in [0.25, 0.3) is 16.7 Å². The molecule has 0 atom stereocenters. The van der Waals surface area contributed by atoms with E-state index >= 15 is 0 Å². The van der Waals surface area contributed by atoms with Gasteiger partial charge < -0.3 is 4.42 Å². The van der Waals surface area contributed by atoms with Crippen LogP contribution in [0.1, 0.15) is 0 Å². The Morgan fingerprint density at radius 2 is 1.71 bits per heavy atom. The molecule has 0 radical (unpaired) electrons. The lowest BCUT2D eigenvalue weighted by Crippen LogP contribution is -1.99. The molecule has 3 rings (SSSR count). The topological polar surface area (TPSA) is 18.1 Å². The van der Waals surface area contributed by atoms with Crippen LogP contribution < -0.4 is 0 Å². The highest BCUT2D eigenvalue weighted by Crippen LogP contribution is 2.30. The number of hydrogen-bond acceptors (Lipinski definition) is 3. The molecule has 0 unspecified atom stereocenters. The molecule has 0 aliphatic rings. The van der Waals surface area contributed by atoms with E-state index in [4.69, 9.17) is 63.7 Å². The minimum Gasteiger partial charge on any atom is -0.429 e. The SMILES string of the molecule is S=c1oc2c(Cl)cc(Cl)cc2c(=S)n1-c1cccc(Cl)c1. The van der Waals surface area contributed by atoms with Crippen molar-refractivity contribution in [2.45, 2.75) is 0 Å². The van der Waals surface area contributed by atoms with Crippen LogP contribution in [0, 0.1) is 9.48 Å². The fraction of sp³-hybridized carbons (Fsp3) is 0. The van der Waals surface area contributed by atoms with E-state index in [1.165, 1.54) is 0 Å². The molecule has 0 N–H and O–H groups in total. The van der Waals surface area contributed by atoms with Crippen LogP contribution in [-0.4, -0.2) is 4.57 Å². The molecule has 3 aromatic rings. The number of nitrogens with zero attached hydrogens (tertiary/aromatic N) is 1. The van der Waals surface area contributed by atoms with E-state index in [-0.39, 0.29) is 4.84 Å². The third-order valence-corrected chi connectivity index (χ3v) is 4.28. The molecular weight excluding hydrogens is 369 g/mol. The summed E-state index contributed by atoms with van der Waals surface area (Å²) >= 11 is 29.0. The third-order valence-electron chi connectivity index (χ3n) is 2.88. The van der Waals surface area contributed by atoms with Gasteiger partial charge in [0.05, 0.1) is 16.1 Å². The smallest absolute Gasteiger partial charge is 0.274 e. The molecule has 1 heterocycles. The summed E-state index contributed by atoms with van der Waals surface area (Å²) in [4.78, 5) is 0.194. The molecule has 1 aromatic heterocycles. The first-order valence-electron chi connectivity index (χ1n) is 5.78. The molecule has 0 aliphatic heterocycles. The summed E-state index contributed by atoms with van der Waals surface area (Å²) in [5.41, 5.74) is 1.15. The van der Waals surface area contributed by atoms with Gasteiger partial charge >= 0.3 is 0 Å². The van der Waals surface area contributed by atoms with Crippen LogP contribution in [0.2, 0.25) is 15.1 Å². The van der Waals surface area contributed by atoms with E-state index in [0.717, 1.165) is 5.69 Å². The molecular formula is C14H6Cl3NOS2. The Morgan fingerprint density at radius 1 is 0.952 bits per heavy atom. The van der Waals surface area contributed by atoms with Crippen molar-refractivity contribution in [2.24, 2.45) is 0 Å². The molecule has 0 aliphatic carbocycles. The Kier molecular flexibility index (Phi) is 4.08. The average molecular weight is 375 g/mol. The number of fused-ring (bicyclic) bond motifs is 1. The number of benzene rings is 2. The van der Waals surface area contributed by atoms with Crippen molar-refractivity contribution in [3.8, 4) is 5.69 Å². The molecule has 0 saturated heterocycles. The molecule has 0 saturated carbocycles. The van der Waals surface area contributed by atoms with Crippen molar-refractivity contribution in [1.29, 1.82) is 0 Å². The fourth-order valence-electron chi connectivity index (χ4n) is 2.00. The molecule has 2 nitrogen and oxygen atoms in total. The normalized spacial score (nSPS) is 11.0. The van der Waals surface area contributed by atoms with Gasteiger partial charge in [-0.25, -0.2) is 0 Å². The quantitative estimate of drug-likeness (QED) is 0.444. The number of rotatable bonds is 1. The minimum absolute atomic E-state index is 0.194. The van der Waals surface area contributed by atoms with Crippen molar-refractivity contribution < 1.29 is 4.42 Å². The van der Waals surface area contributed by atoms with Gasteiger partial charge in [0, 0.05) is 10.0 Å². The van der Waals surface area contributed by atoms with Gasteiger partial charge in [-0.15, -0.1) is 0 Å². The summed E-state index contributed by atoms with van der Waals surface area (Å²) < 4.78 is 7.71. The Bertz CT molecular complexity index is 978. The van der Waals surface area contributed by atoms with Gasteiger partial charge in [0.25, 0.3) is 4.84 Å². The van der Waals surface area contributed by atoms with E-state index in [9.17, 15) is 0 Å². The predicted molar refractivity (Wildman–Crippen MR) is 92.2 cm³/mol. The molecule has 7 heteroatoms. The van der Waals surface area contributed by atoms with Gasteiger partial charge in [0.15, 0.2) is 5.58 Å². The maximum Gasteiger partial charge on any atom is 0.274 e. The summed E-state index contributed by atoms with van der Waals surface area (Å²) in [7, 11) is 0. The number of halogens is 3. The van der Waals surface area contributed by atoms with E-state index < -0.39 is 0 Å². The summed E-state index contributed by atoms with van der Waals surface area (Å²) in [6.45, 7) is 0.